The lowest BCUT2D eigenvalue weighted by Gasteiger charge is -2.33. The van der Waals surface area contributed by atoms with Crippen LogP contribution in [0.5, 0.6) is 0 Å². The molecule has 2 aliphatic rings. The van der Waals surface area contributed by atoms with Gasteiger partial charge in [0.2, 0.25) is 11.6 Å². The molecule has 12 nitrogen and oxygen atoms in total. The number of hydrogen-bond acceptors (Lipinski definition) is 10. The number of carbonyl (C=O) groups excluding carboxylic acids is 1. The van der Waals surface area contributed by atoms with Crippen LogP contribution in [0.1, 0.15) is 33.6 Å². The van der Waals surface area contributed by atoms with Gasteiger partial charge < -0.3 is 20.3 Å². The third kappa shape index (κ3) is 5.32. The van der Waals surface area contributed by atoms with E-state index in [1.54, 1.807) is 25.7 Å². The third-order valence-electron chi connectivity index (χ3n) is 6.12. The van der Waals surface area contributed by atoms with Gasteiger partial charge >= 0.3 is 11.8 Å². The van der Waals surface area contributed by atoms with E-state index in [4.69, 9.17) is 4.74 Å². The maximum Gasteiger partial charge on any atom is 0.410 e. The molecule has 4 rings (SSSR count). The summed E-state index contributed by atoms with van der Waals surface area (Å²) in [4.78, 5) is 33.1. The number of likely N-dealkylation sites (tertiary alicyclic amines) is 1. The Morgan fingerprint density at radius 2 is 1.94 bits per heavy atom. The minimum atomic E-state index is -3.62. The van der Waals surface area contributed by atoms with Crippen LogP contribution < -0.4 is 10.6 Å². The number of anilines is 3. The van der Waals surface area contributed by atoms with Crippen LogP contribution in [0, 0.1) is 21.8 Å². The Kier molecular flexibility index (Phi) is 6.49. The number of nitrogens with one attached hydrogen (secondary N) is 2. The Morgan fingerprint density at radius 1 is 1.25 bits per heavy atom. The average Bonchev–Trinajstić information content (AvgIpc) is 3.34. The molecule has 0 spiro atoms. The van der Waals surface area contributed by atoms with Crippen molar-refractivity contribution in [2.75, 3.05) is 23.4 Å². The van der Waals surface area contributed by atoms with Gasteiger partial charge in [0.15, 0.2) is 9.84 Å². The Morgan fingerprint density at radius 3 is 2.50 bits per heavy atom. The molecule has 3 atom stereocenters. The van der Waals surface area contributed by atoms with Gasteiger partial charge in [-0.25, -0.2) is 27.6 Å². The number of benzene rings is 1. The fourth-order valence-corrected chi connectivity index (χ4v) is 5.19. The minimum Gasteiger partial charge on any atom is -0.444 e. The normalized spacial score (nSPS) is 21.4. The van der Waals surface area contributed by atoms with Crippen molar-refractivity contribution < 1.29 is 27.3 Å². The van der Waals surface area contributed by atoms with E-state index in [0.29, 0.717) is 13.0 Å². The summed E-state index contributed by atoms with van der Waals surface area (Å²) in [5, 5.41) is 17.6. The molecule has 2 heterocycles. The zero-order chi connectivity index (χ0) is 26.4. The average molecular weight is 523 g/mol. The number of aromatic nitrogens is 2. The van der Waals surface area contributed by atoms with Gasteiger partial charge in [-0.15, -0.1) is 0 Å². The molecule has 0 radical (unpaired) electrons. The van der Waals surface area contributed by atoms with Crippen LogP contribution in [-0.2, 0) is 14.6 Å². The minimum absolute atomic E-state index is 0.0352. The van der Waals surface area contributed by atoms with Gasteiger partial charge in [0.25, 0.3) is 0 Å². The fourth-order valence-electron chi connectivity index (χ4n) is 4.55. The Labute approximate surface area is 207 Å². The zero-order valence-electron chi connectivity index (χ0n) is 20.2. The molecular weight excluding hydrogens is 495 g/mol. The van der Waals surface area contributed by atoms with Crippen LogP contribution in [0.2, 0.25) is 0 Å². The van der Waals surface area contributed by atoms with Crippen molar-refractivity contribution in [1.82, 2.24) is 14.9 Å². The van der Waals surface area contributed by atoms with Crippen molar-refractivity contribution in [1.29, 1.82) is 0 Å². The van der Waals surface area contributed by atoms with Crippen LogP contribution in [0.4, 0.5) is 32.2 Å². The number of piperidine rings is 1. The molecule has 3 unspecified atom stereocenters. The highest BCUT2D eigenvalue weighted by molar-refractivity contribution is 7.90. The second-order valence-electron chi connectivity index (χ2n) is 9.98. The summed E-state index contributed by atoms with van der Waals surface area (Å²) in [5.74, 6) is -1.14. The van der Waals surface area contributed by atoms with Gasteiger partial charge in [0, 0.05) is 24.9 Å². The number of halogens is 1. The van der Waals surface area contributed by atoms with Crippen LogP contribution in [0.25, 0.3) is 0 Å². The lowest BCUT2D eigenvalue weighted by molar-refractivity contribution is -0.383. The SMILES string of the molecule is CC(C)(C)OC(=O)N1CC2CC1CC2Nc1ncnc(Nc2ccc(S(C)(=O)=O)cc2F)c1[N+](=O)[O-]. The molecule has 2 N–H and O–H groups in total. The number of sulfone groups is 1. The van der Waals surface area contributed by atoms with E-state index >= 15 is 0 Å². The van der Waals surface area contributed by atoms with Gasteiger partial charge in [-0.2, -0.15) is 0 Å². The van der Waals surface area contributed by atoms with E-state index < -0.39 is 31.9 Å². The molecule has 1 aliphatic heterocycles. The van der Waals surface area contributed by atoms with Crippen molar-refractivity contribution in [3.8, 4) is 0 Å². The first-order valence-corrected chi connectivity index (χ1v) is 13.1. The second kappa shape index (κ2) is 9.15. The molecule has 1 amide bonds. The van der Waals surface area contributed by atoms with E-state index in [-0.39, 0.29) is 46.3 Å². The van der Waals surface area contributed by atoms with Crippen LogP contribution in [-0.4, -0.2) is 64.8 Å². The first-order valence-electron chi connectivity index (χ1n) is 11.2. The predicted octanol–water partition coefficient (Wildman–Crippen LogP) is 3.48. The summed E-state index contributed by atoms with van der Waals surface area (Å²) in [5.41, 5.74) is -1.26. The highest BCUT2D eigenvalue weighted by Crippen LogP contribution is 2.41. The Hall–Kier alpha value is -3.55. The second-order valence-corrected chi connectivity index (χ2v) is 12.0. The molecule has 2 aromatic rings. The molecular formula is C22H27FN6O6S. The highest BCUT2D eigenvalue weighted by atomic mass is 32.2. The maximum atomic E-state index is 14.5. The molecule has 1 aromatic carbocycles. The topological polar surface area (TPSA) is 157 Å². The molecule has 1 saturated heterocycles. The molecule has 1 saturated carbocycles. The number of hydrogen-bond donors (Lipinski definition) is 2. The van der Waals surface area contributed by atoms with Crippen molar-refractivity contribution in [3.05, 3.63) is 40.5 Å². The first-order chi connectivity index (χ1) is 16.7. The van der Waals surface area contributed by atoms with Gasteiger partial charge in [0.05, 0.1) is 15.5 Å². The maximum absolute atomic E-state index is 14.5. The highest BCUT2D eigenvalue weighted by Gasteiger charge is 2.48. The largest absolute Gasteiger partial charge is 0.444 e. The smallest absolute Gasteiger partial charge is 0.410 e. The van der Waals surface area contributed by atoms with Crippen molar-refractivity contribution >= 4 is 38.9 Å². The molecule has 14 heteroatoms. The summed E-state index contributed by atoms with van der Waals surface area (Å²) in [7, 11) is -3.62. The molecule has 2 fully saturated rings. The standard InChI is InChI=1S/C22H27FN6O6S/c1-22(2,3)35-21(30)28-10-12-7-13(28)8-17(12)27-20-18(29(31)32)19(24-11-25-20)26-16-6-5-14(9-15(16)23)36(4,33)34/h5-6,9,11-13,17H,7-8,10H2,1-4H3,(H2,24,25,26,27). The first kappa shape index (κ1) is 25.5. The molecule has 2 bridgehead atoms. The van der Waals surface area contributed by atoms with E-state index in [9.17, 15) is 27.7 Å². The van der Waals surface area contributed by atoms with Crippen molar-refractivity contribution in [2.24, 2.45) is 5.92 Å². The molecule has 194 valence electrons. The number of amides is 1. The third-order valence-corrected chi connectivity index (χ3v) is 7.23. The molecule has 1 aliphatic carbocycles. The summed E-state index contributed by atoms with van der Waals surface area (Å²) in [6.45, 7) is 5.86. The lowest BCUT2D eigenvalue weighted by atomic mass is 10.0. The number of nitro groups is 1. The zero-order valence-corrected chi connectivity index (χ0v) is 21.0. The number of ether oxygens (including phenoxy) is 1. The van der Waals surface area contributed by atoms with Gasteiger partial charge in [-0.05, 0) is 57.7 Å². The van der Waals surface area contributed by atoms with E-state index in [1.165, 1.54) is 12.1 Å². The molecule has 36 heavy (non-hydrogen) atoms. The quantitative estimate of drug-likeness (QED) is 0.425. The van der Waals surface area contributed by atoms with E-state index in [1.807, 2.05) is 0 Å². The van der Waals surface area contributed by atoms with Crippen molar-refractivity contribution in [3.63, 3.8) is 0 Å². The Balaban J connectivity index is 1.52. The van der Waals surface area contributed by atoms with Gasteiger partial charge in [0.1, 0.15) is 17.7 Å². The van der Waals surface area contributed by atoms with Crippen LogP contribution in [0.15, 0.2) is 29.4 Å². The summed E-state index contributed by atoms with van der Waals surface area (Å²) in [6, 6.07) is 2.98. The van der Waals surface area contributed by atoms with Crippen molar-refractivity contribution in [2.45, 2.75) is 56.2 Å². The number of nitrogens with zero attached hydrogens (tertiary/aromatic N) is 4. The number of carbonyl (C=O) groups is 1. The van der Waals surface area contributed by atoms with Crippen LogP contribution >= 0.6 is 0 Å². The number of fused-ring (bicyclic) bond motifs is 2. The predicted molar refractivity (Wildman–Crippen MR) is 128 cm³/mol. The monoisotopic (exact) mass is 522 g/mol. The summed E-state index contributed by atoms with van der Waals surface area (Å²) >= 11 is 0. The Bertz CT molecular complexity index is 1310. The van der Waals surface area contributed by atoms with E-state index in [0.717, 1.165) is 25.1 Å². The molecule has 1 aromatic heterocycles. The summed E-state index contributed by atoms with van der Waals surface area (Å²) < 4.78 is 43.3. The summed E-state index contributed by atoms with van der Waals surface area (Å²) in [6.07, 6.45) is 2.98. The van der Waals surface area contributed by atoms with Gasteiger partial charge in [-0.1, -0.05) is 0 Å². The van der Waals surface area contributed by atoms with E-state index in [2.05, 4.69) is 20.6 Å². The lowest BCUT2D eigenvalue weighted by Crippen LogP contribution is -2.45. The van der Waals surface area contributed by atoms with Crippen LogP contribution in [0.3, 0.4) is 0 Å². The number of rotatable bonds is 6. The van der Waals surface area contributed by atoms with Gasteiger partial charge in [-0.3, -0.25) is 10.1 Å². The fraction of sp³-hybridized carbons (Fsp3) is 0.500.